The third kappa shape index (κ3) is 3.28. The fraction of sp³-hybridized carbons (Fsp3) is 0.312. The summed E-state index contributed by atoms with van der Waals surface area (Å²) in [5, 5.41) is 9.31. The Bertz CT molecular complexity index is 796. The van der Waals surface area contributed by atoms with Crippen LogP contribution in [0.5, 0.6) is 0 Å². The standard InChI is InChI=1S/C16H19ClN6/c1-22(2)14(11-4-6-12(17)7-5-11)9-18-15-13-8-21-23(3)16(13)20-10-19-15/h4-8,10,14H,9H2,1-3H3,(H,18,19,20). The molecule has 1 unspecified atom stereocenters. The molecule has 2 heterocycles. The van der Waals surface area contributed by atoms with Crippen LogP contribution in [-0.4, -0.2) is 45.3 Å². The van der Waals surface area contributed by atoms with E-state index in [1.807, 2.05) is 31.3 Å². The zero-order valence-corrected chi connectivity index (χ0v) is 14.1. The van der Waals surface area contributed by atoms with Gasteiger partial charge in [0.1, 0.15) is 12.1 Å². The van der Waals surface area contributed by atoms with E-state index in [4.69, 9.17) is 11.6 Å². The zero-order valence-electron chi connectivity index (χ0n) is 13.4. The van der Waals surface area contributed by atoms with Crippen LogP contribution in [0.3, 0.4) is 0 Å². The van der Waals surface area contributed by atoms with Crippen molar-refractivity contribution in [2.24, 2.45) is 7.05 Å². The van der Waals surface area contributed by atoms with E-state index in [1.54, 1.807) is 17.2 Å². The number of nitrogens with zero attached hydrogens (tertiary/aromatic N) is 5. The number of anilines is 1. The normalized spacial score (nSPS) is 12.7. The highest BCUT2D eigenvalue weighted by Gasteiger charge is 2.15. The van der Waals surface area contributed by atoms with Crippen LogP contribution in [0.25, 0.3) is 11.0 Å². The molecule has 0 saturated carbocycles. The van der Waals surface area contributed by atoms with Crippen LogP contribution < -0.4 is 5.32 Å². The lowest BCUT2D eigenvalue weighted by atomic mass is 10.1. The van der Waals surface area contributed by atoms with Gasteiger partial charge in [0.15, 0.2) is 5.65 Å². The highest BCUT2D eigenvalue weighted by molar-refractivity contribution is 6.30. The van der Waals surface area contributed by atoms with Crippen LogP contribution >= 0.6 is 11.6 Å². The van der Waals surface area contributed by atoms with Crippen LogP contribution in [-0.2, 0) is 7.05 Å². The topological polar surface area (TPSA) is 58.9 Å². The van der Waals surface area contributed by atoms with Gasteiger partial charge in [-0.2, -0.15) is 5.10 Å². The molecule has 7 heteroatoms. The molecule has 120 valence electrons. The van der Waals surface area contributed by atoms with Crippen molar-refractivity contribution in [3.8, 4) is 0 Å². The Labute approximate surface area is 140 Å². The van der Waals surface area contributed by atoms with Gasteiger partial charge in [-0.1, -0.05) is 23.7 Å². The predicted molar refractivity (Wildman–Crippen MR) is 92.7 cm³/mol. The molecule has 0 aliphatic heterocycles. The van der Waals surface area contributed by atoms with Gasteiger partial charge in [0.05, 0.1) is 17.6 Å². The Morgan fingerprint density at radius 3 is 2.65 bits per heavy atom. The molecule has 6 nitrogen and oxygen atoms in total. The Kier molecular flexibility index (Phi) is 4.45. The Morgan fingerprint density at radius 2 is 1.96 bits per heavy atom. The number of likely N-dealkylation sites (N-methyl/N-ethyl adjacent to an activating group) is 1. The summed E-state index contributed by atoms with van der Waals surface area (Å²) >= 11 is 5.98. The largest absolute Gasteiger partial charge is 0.367 e. The fourth-order valence-electron chi connectivity index (χ4n) is 2.58. The van der Waals surface area contributed by atoms with Gasteiger partial charge in [0, 0.05) is 18.6 Å². The van der Waals surface area contributed by atoms with Crippen molar-refractivity contribution in [3.63, 3.8) is 0 Å². The van der Waals surface area contributed by atoms with E-state index < -0.39 is 0 Å². The molecule has 0 aliphatic rings. The van der Waals surface area contributed by atoms with Crippen LogP contribution in [0.2, 0.25) is 5.02 Å². The maximum absolute atomic E-state index is 5.98. The maximum atomic E-state index is 5.98. The molecule has 0 saturated heterocycles. The van der Waals surface area contributed by atoms with Gasteiger partial charge in [-0.05, 0) is 31.8 Å². The average molecular weight is 331 g/mol. The summed E-state index contributed by atoms with van der Waals surface area (Å²) in [6.45, 7) is 0.718. The first-order chi connectivity index (χ1) is 11.1. The second-order valence-corrected chi connectivity index (χ2v) is 6.08. The fourth-order valence-corrected chi connectivity index (χ4v) is 2.71. The number of benzene rings is 1. The monoisotopic (exact) mass is 330 g/mol. The molecule has 3 aromatic rings. The Hall–Kier alpha value is -2.18. The van der Waals surface area contributed by atoms with Gasteiger partial charge >= 0.3 is 0 Å². The van der Waals surface area contributed by atoms with E-state index in [0.29, 0.717) is 0 Å². The lowest BCUT2D eigenvalue weighted by molar-refractivity contribution is 0.311. The van der Waals surface area contributed by atoms with Crippen molar-refractivity contribution in [3.05, 3.63) is 47.4 Å². The number of hydrogen-bond donors (Lipinski definition) is 1. The molecule has 0 bridgehead atoms. The average Bonchev–Trinajstić information content (AvgIpc) is 2.91. The lowest BCUT2D eigenvalue weighted by Gasteiger charge is -2.25. The molecule has 0 fully saturated rings. The van der Waals surface area contributed by atoms with Crippen molar-refractivity contribution in [1.29, 1.82) is 0 Å². The second-order valence-electron chi connectivity index (χ2n) is 5.64. The molecule has 23 heavy (non-hydrogen) atoms. The minimum absolute atomic E-state index is 0.203. The number of aryl methyl sites for hydroxylation is 1. The zero-order chi connectivity index (χ0) is 16.4. The third-order valence-corrected chi connectivity index (χ3v) is 4.12. The number of nitrogens with one attached hydrogen (secondary N) is 1. The Morgan fingerprint density at radius 1 is 1.22 bits per heavy atom. The van der Waals surface area contributed by atoms with Gasteiger partial charge < -0.3 is 10.2 Å². The van der Waals surface area contributed by atoms with Gasteiger partial charge in [-0.3, -0.25) is 4.68 Å². The number of halogens is 1. The molecule has 0 aliphatic carbocycles. The van der Waals surface area contributed by atoms with Crippen molar-refractivity contribution < 1.29 is 0 Å². The molecular formula is C16H19ClN6. The molecule has 0 radical (unpaired) electrons. The molecule has 0 spiro atoms. The molecule has 3 rings (SSSR count). The van der Waals surface area contributed by atoms with E-state index in [0.717, 1.165) is 28.4 Å². The lowest BCUT2D eigenvalue weighted by Crippen LogP contribution is -2.27. The SMILES string of the molecule is CN(C)C(CNc1ncnc2c1cnn2C)c1ccc(Cl)cc1. The summed E-state index contributed by atoms with van der Waals surface area (Å²) in [7, 11) is 5.98. The van der Waals surface area contributed by atoms with Crippen molar-refractivity contribution >= 4 is 28.5 Å². The quantitative estimate of drug-likeness (QED) is 0.779. The smallest absolute Gasteiger partial charge is 0.163 e. The minimum atomic E-state index is 0.203. The van der Waals surface area contributed by atoms with Crippen molar-refractivity contribution in [2.75, 3.05) is 26.0 Å². The van der Waals surface area contributed by atoms with Gasteiger partial charge in [-0.25, -0.2) is 9.97 Å². The summed E-state index contributed by atoms with van der Waals surface area (Å²) in [5.41, 5.74) is 2.01. The molecule has 1 N–H and O–H groups in total. The summed E-state index contributed by atoms with van der Waals surface area (Å²) in [6, 6.07) is 8.13. The summed E-state index contributed by atoms with van der Waals surface area (Å²) in [5.74, 6) is 0.795. The first-order valence-corrected chi connectivity index (χ1v) is 7.72. The van der Waals surface area contributed by atoms with Crippen LogP contribution in [0.15, 0.2) is 36.8 Å². The molecule has 1 aromatic carbocycles. The molecule has 0 amide bonds. The van der Waals surface area contributed by atoms with E-state index >= 15 is 0 Å². The summed E-state index contributed by atoms with van der Waals surface area (Å²) < 4.78 is 1.74. The third-order valence-electron chi connectivity index (χ3n) is 3.87. The van der Waals surface area contributed by atoms with Crippen LogP contribution in [0, 0.1) is 0 Å². The summed E-state index contributed by atoms with van der Waals surface area (Å²) in [4.78, 5) is 10.8. The van der Waals surface area contributed by atoms with E-state index in [2.05, 4.69) is 39.4 Å². The van der Waals surface area contributed by atoms with E-state index in [9.17, 15) is 0 Å². The predicted octanol–water partition coefficient (Wildman–Crippen LogP) is 2.73. The van der Waals surface area contributed by atoms with Crippen LogP contribution in [0.4, 0.5) is 5.82 Å². The van der Waals surface area contributed by atoms with Crippen molar-refractivity contribution in [1.82, 2.24) is 24.6 Å². The van der Waals surface area contributed by atoms with E-state index in [1.165, 1.54) is 5.56 Å². The highest BCUT2D eigenvalue weighted by atomic mass is 35.5. The van der Waals surface area contributed by atoms with Crippen molar-refractivity contribution in [2.45, 2.75) is 6.04 Å². The highest BCUT2D eigenvalue weighted by Crippen LogP contribution is 2.23. The van der Waals surface area contributed by atoms with Gasteiger partial charge in [0.25, 0.3) is 0 Å². The second kappa shape index (κ2) is 6.52. The van der Waals surface area contributed by atoms with E-state index in [-0.39, 0.29) is 6.04 Å². The molecule has 1 atom stereocenters. The number of aromatic nitrogens is 4. The first kappa shape index (κ1) is 15.7. The molecular weight excluding hydrogens is 312 g/mol. The molecule has 2 aromatic heterocycles. The summed E-state index contributed by atoms with van der Waals surface area (Å²) in [6.07, 6.45) is 3.34. The minimum Gasteiger partial charge on any atom is -0.367 e. The Balaban J connectivity index is 1.82. The first-order valence-electron chi connectivity index (χ1n) is 7.34. The number of hydrogen-bond acceptors (Lipinski definition) is 5. The van der Waals surface area contributed by atoms with Gasteiger partial charge in [0.2, 0.25) is 0 Å². The van der Waals surface area contributed by atoms with Gasteiger partial charge in [-0.15, -0.1) is 0 Å². The number of fused-ring (bicyclic) bond motifs is 1. The van der Waals surface area contributed by atoms with Crippen LogP contribution in [0.1, 0.15) is 11.6 Å². The maximum Gasteiger partial charge on any atom is 0.163 e. The number of rotatable bonds is 5.